The van der Waals surface area contributed by atoms with Gasteiger partial charge in [0.2, 0.25) is 11.8 Å². The summed E-state index contributed by atoms with van der Waals surface area (Å²) in [7, 11) is 0. The summed E-state index contributed by atoms with van der Waals surface area (Å²) in [6, 6.07) is 3.99. The van der Waals surface area contributed by atoms with Gasteiger partial charge >= 0.3 is 0 Å². The molecule has 0 spiro atoms. The Kier molecular flexibility index (Phi) is 20.2. The van der Waals surface area contributed by atoms with Gasteiger partial charge in [0.05, 0.1) is 25.2 Å². The van der Waals surface area contributed by atoms with Gasteiger partial charge in [-0.05, 0) is 69.4 Å². The van der Waals surface area contributed by atoms with Crippen molar-refractivity contribution in [3.8, 4) is 5.75 Å². The monoisotopic (exact) mass is 702 g/mol. The lowest BCUT2D eigenvalue weighted by molar-refractivity contribution is -0.133. The number of nitrogens with two attached hydrogens (primary N) is 7. The first-order valence-corrected chi connectivity index (χ1v) is 16.8. The van der Waals surface area contributed by atoms with Crippen molar-refractivity contribution in [2.24, 2.45) is 66.9 Å². The van der Waals surface area contributed by atoms with Gasteiger partial charge < -0.3 is 55.5 Å². The summed E-state index contributed by atoms with van der Waals surface area (Å²) < 4.78 is 5.98. The quantitative estimate of drug-likeness (QED) is 0.0335. The molecular weight excluding hydrogens is 644 g/mol. The number of nitrogens with zero attached hydrogens (tertiary/aromatic N) is 3. The van der Waals surface area contributed by atoms with Crippen molar-refractivity contribution in [3.05, 3.63) is 29.3 Å². The number of carbonyl (C=O) groups is 4. The molecule has 0 aromatic heterocycles. The number of guanidine groups is 3. The SMILES string of the molecule is Cc1cccc(C)c1OCC(C)CC(=O)CNC(=O)[C@H](CCCN=C(N)N)CC(=O)[C@H](CCCN=C(N)N)NC(=O)[C@@H](N)CCCN=C(N)N. The van der Waals surface area contributed by atoms with E-state index in [-0.39, 0.29) is 87.1 Å². The summed E-state index contributed by atoms with van der Waals surface area (Å²) >= 11 is 0. The Morgan fingerprint density at radius 3 is 1.82 bits per heavy atom. The molecule has 16 N–H and O–H groups in total. The predicted molar refractivity (Wildman–Crippen MR) is 196 cm³/mol. The van der Waals surface area contributed by atoms with Crippen LogP contribution in [0.15, 0.2) is 33.2 Å². The minimum Gasteiger partial charge on any atom is -0.493 e. The molecule has 0 aliphatic rings. The minimum atomic E-state index is -0.965. The lowest BCUT2D eigenvalue weighted by atomic mass is 9.91. The number of Topliss-reactive ketones (excluding diaryl/α,β-unsaturated/α-hetero) is 2. The van der Waals surface area contributed by atoms with E-state index >= 15 is 0 Å². The third kappa shape index (κ3) is 18.6. The average molecular weight is 703 g/mol. The van der Waals surface area contributed by atoms with Crippen LogP contribution < -0.4 is 55.5 Å². The van der Waals surface area contributed by atoms with E-state index in [1.807, 2.05) is 39.0 Å². The topological polar surface area (TPSA) is 321 Å². The van der Waals surface area contributed by atoms with E-state index < -0.39 is 29.8 Å². The Bertz CT molecular complexity index is 1320. The van der Waals surface area contributed by atoms with Crippen molar-refractivity contribution in [2.45, 2.75) is 84.2 Å². The first-order valence-electron chi connectivity index (χ1n) is 16.8. The number of amides is 2. The molecular formula is C33H58N12O5. The van der Waals surface area contributed by atoms with Crippen LogP contribution in [0.5, 0.6) is 5.75 Å². The van der Waals surface area contributed by atoms with Crippen LogP contribution in [-0.2, 0) is 19.2 Å². The van der Waals surface area contributed by atoms with E-state index in [2.05, 4.69) is 25.6 Å². The first kappa shape index (κ1) is 43.1. The second-order valence-electron chi connectivity index (χ2n) is 12.5. The molecule has 0 aliphatic carbocycles. The van der Waals surface area contributed by atoms with Crippen molar-refractivity contribution >= 4 is 41.3 Å². The number of carbonyl (C=O) groups excluding carboxylic acids is 4. The van der Waals surface area contributed by atoms with Crippen LogP contribution >= 0.6 is 0 Å². The lowest BCUT2D eigenvalue weighted by Gasteiger charge is -2.23. The Morgan fingerprint density at radius 1 is 0.760 bits per heavy atom. The highest BCUT2D eigenvalue weighted by atomic mass is 16.5. The van der Waals surface area contributed by atoms with E-state index in [4.69, 9.17) is 44.9 Å². The molecule has 4 atom stereocenters. The zero-order valence-corrected chi connectivity index (χ0v) is 29.7. The number of aliphatic imine (C=N–C) groups is 3. The molecule has 0 saturated carbocycles. The van der Waals surface area contributed by atoms with Gasteiger partial charge in [0.15, 0.2) is 29.4 Å². The molecule has 280 valence electrons. The van der Waals surface area contributed by atoms with E-state index in [0.717, 1.165) is 16.9 Å². The summed E-state index contributed by atoms with van der Waals surface area (Å²) in [5.41, 5.74) is 40.5. The molecule has 17 nitrogen and oxygen atoms in total. The highest BCUT2D eigenvalue weighted by Gasteiger charge is 2.29. The number of nitrogens with one attached hydrogen (secondary N) is 2. The van der Waals surface area contributed by atoms with Crippen molar-refractivity contribution in [3.63, 3.8) is 0 Å². The van der Waals surface area contributed by atoms with E-state index in [9.17, 15) is 19.2 Å². The van der Waals surface area contributed by atoms with Gasteiger partial charge in [-0.1, -0.05) is 25.1 Å². The number of hydrogen-bond acceptors (Lipinski definition) is 9. The number of para-hydroxylation sites is 1. The fourth-order valence-corrected chi connectivity index (χ4v) is 5.11. The second-order valence-corrected chi connectivity index (χ2v) is 12.5. The normalized spacial score (nSPS) is 13.1. The summed E-state index contributed by atoms with van der Waals surface area (Å²) in [5.74, 6) is -1.97. The van der Waals surface area contributed by atoms with Crippen molar-refractivity contribution in [1.82, 2.24) is 10.6 Å². The minimum absolute atomic E-state index is 0.0659. The molecule has 0 bridgehead atoms. The van der Waals surface area contributed by atoms with Crippen LogP contribution in [0, 0.1) is 25.7 Å². The summed E-state index contributed by atoms with van der Waals surface area (Å²) in [6.45, 7) is 6.71. The maximum atomic E-state index is 13.6. The second kappa shape index (κ2) is 23.4. The standard InChI is InChI=1S/C33H58N12O5/c1-20(19-50-28-21(2)8-4-9-22(28)3)16-24(46)18-44-29(48)23(10-5-13-41-31(35)36)17-27(47)26(12-7-15-43-33(39)40)45-30(49)25(34)11-6-14-42-32(37)38/h4,8-9,20,23,25-26H,5-7,10-19,34H2,1-3H3,(H,44,48)(H,45,49)(H4,35,36,41)(H4,37,38,42)(H4,39,40,43)/t20?,23-,25+,26+/m1/s1. The molecule has 1 unspecified atom stereocenters. The largest absolute Gasteiger partial charge is 0.493 e. The maximum absolute atomic E-state index is 13.6. The smallest absolute Gasteiger partial charge is 0.237 e. The van der Waals surface area contributed by atoms with Crippen LogP contribution in [0.1, 0.15) is 69.4 Å². The Hall–Kier alpha value is -4.93. The number of ketones is 2. The van der Waals surface area contributed by atoms with Crippen LogP contribution in [0.25, 0.3) is 0 Å². The van der Waals surface area contributed by atoms with E-state index in [1.54, 1.807) is 0 Å². The van der Waals surface area contributed by atoms with Gasteiger partial charge in [-0.3, -0.25) is 34.2 Å². The van der Waals surface area contributed by atoms with Crippen molar-refractivity contribution in [2.75, 3.05) is 32.8 Å². The number of ether oxygens (including phenoxy) is 1. The van der Waals surface area contributed by atoms with Crippen LogP contribution in [-0.4, -0.2) is 86.1 Å². The molecule has 50 heavy (non-hydrogen) atoms. The molecule has 0 fully saturated rings. The number of rotatable bonds is 25. The lowest BCUT2D eigenvalue weighted by Crippen LogP contribution is -2.49. The highest BCUT2D eigenvalue weighted by molar-refractivity contribution is 5.94. The van der Waals surface area contributed by atoms with Crippen LogP contribution in [0.4, 0.5) is 0 Å². The zero-order chi connectivity index (χ0) is 37.6. The number of hydrogen-bond donors (Lipinski definition) is 9. The summed E-state index contributed by atoms with van der Waals surface area (Å²) in [5, 5.41) is 5.41. The Balaban J connectivity index is 2.93. The summed E-state index contributed by atoms with van der Waals surface area (Å²) in [6.07, 6.45) is 1.92. The fourth-order valence-electron chi connectivity index (χ4n) is 5.11. The average Bonchev–Trinajstić information content (AvgIpc) is 3.03. The van der Waals surface area contributed by atoms with Crippen molar-refractivity contribution < 1.29 is 23.9 Å². The highest BCUT2D eigenvalue weighted by Crippen LogP contribution is 2.23. The Morgan fingerprint density at radius 2 is 1.28 bits per heavy atom. The van der Waals surface area contributed by atoms with Gasteiger partial charge in [-0.2, -0.15) is 0 Å². The van der Waals surface area contributed by atoms with E-state index in [0.29, 0.717) is 32.4 Å². The van der Waals surface area contributed by atoms with Gasteiger partial charge in [0, 0.05) is 38.4 Å². The van der Waals surface area contributed by atoms with E-state index in [1.165, 1.54) is 0 Å². The number of aryl methyl sites for hydroxylation is 2. The maximum Gasteiger partial charge on any atom is 0.237 e. The molecule has 1 aromatic carbocycles. The Labute approximate surface area is 294 Å². The fraction of sp³-hybridized carbons (Fsp3) is 0.606. The molecule has 17 heteroatoms. The van der Waals surface area contributed by atoms with Crippen LogP contribution in [0.2, 0.25) is 0 Å². The van der Waals surface area contributed by atoms with Crippen LogP contribution in [0.3, 0.4) is 0 Å². The van der Waals surface area contributed by atoms with Gasteiger partial charge in [0.25, 0.3) is 0 Å². The molecule has 1 rings (SSSR count). The molecule has 1 aromatic rings. The predicted octanol–water partition coefficient (Wildman–Crippen LogP) is -1.06. The van der Waals surface area contributed by atoms with Gasteiger partial charge in [-0.25, -0.2) is 0 Å². The third-order valence-electron chi connectivity index (χ3n) is 7.74. The third-order valence-corrected chi connectivity index (χ3v) is 7.74. The zero-order valence-electron chi connectivity index (χ0n) is 29.7. The molecule has 0 aliphatic heterocycles. The van der Waals surface area contributed by atoms with Gasteiger partial charge in [-0.15, -0.1) is 0 Å². The molecule has 0 saturated heterocycles. The first-order chi connectivity index (χ1) is 23.6. The molecule has 0 heterocycles. The van der Waals surface area contributed by atoms with Crippen molar-refractivity contribution in [1.29, 1.82) is 0 Å². The summed E-state index contributed by atoms with van der Waals surface area (Å²) in [4.78, 5) is 64.5. The number of benzene rings is 1. The molecule has 0 radical (unpaired) electrons. The van der Waals surface area contributed by atoms with Gasteiger partial charge in [0.1, 0.15) is 5.75 Å². The molecule has 2 amide bonds.